The first-order valence-electron chi connectivity index (χ1n) is 12.9. The summed E-state index contributed by atoms with van der Waals surface area (Å²) in [6.07, 6.45) is -3.03. The number of nitrogens with zero attached hydrogens (tertiary/aromatic N) is 1. The number of ether oxygens (including phenoxy) is 2. The standard InChI is InChI=1S/C28H31F3N4O4/c1-16(36)32-11-12-33-18-13-23(17-7-9-19(10-8-17)39-28(29,30)31)35-24(14-18)26-21(15-25(35)27(37)38-2)20-5-3-4-6-22(20)34-26/h3-10,18,23-25,33-34H,11-15H2,1-2H3,(H,32,36)/t18-,23+,24-,25+/m1/s1. The number of para-hydroxylation sites is 1. The smallest absolute Gasteiger partial charge is 0.468 e. The van der Waals surface area contributed by atoms with Crippen molar-refractivity contribution in [1.29, 1.82) is 0 Å². The number of hydrogen-bond donors (Lipinski definition) is 3. The van der Waals surface area contributed by atoms with Crippen molar-refractivity contribution in [2.45, 2.75) is 56.7 Å². The monoisotopic (exact) mass is 544 g/mol. The number of alkyl halides is 3. The molecule has 208 valence electrons. The number of fused-ring (bicyclic) bond motifs is 5. The summed E-state index contributed by atoms with van der Waals surface area (Å²) in [5.41, 5.74) is 3.87. The molecule has 5 rings (SSSR count). The highest BCUT2D eigenvalue weighted by Gasteiger charge is 2.48. The number of benzene rings is 2. The van der Waals surface area contributed by atoms with Crippen LogP contribution in [0.25, 0.3) is 10.9 Å². The molecule has 1 amide bonds. The third-order valence-corrected chi connectivity index (χ3v) is 7.58. The molecule has 3 aromatic rings. The number of H-pyrrole nitrogens is 1. The summed E-state index contributed by atoms with van der Waals surface area (Å²) in [7, 11) is 1.37. The van der Waals surface area contributed by atoms with Crippen molar-refractivity contribution >= 4 is 22.8 Å². The second-order valence-corrected chi connectivity index (χ2v) is 10.0. The molecule has 3 heterocycles. The van der Waals surface area contributed by atoms with Gasteiger partial charge in [-0.15, -0.1) is 13.2 Å². The molecule has 11 heteroatoms. The normalized spacial score (nSPS) is 23.1. The van der Waals surface area contributed by atoms with E-state index in [1.807, 2.05) is 24.3 Å². The first kappa shape index (κ1) is 27.0. The minimum Gasteiger partial charge on any atom is -0.468 e. The number of aromatic amines is 1. The van der Waals surface area contributed by atoms with Gasteiger partial charge in [0.2, 0.25) is 5.91 Å². The third-order valence-electron chi connectivity index (χ3n) is 7.58. The predicted molar refractivity (Wildman–Crippen MR) is 138 cm³/mol. The molecule has 0 radical (unpaired) electrons. The highest BCUT2D eigenvalue weighted by molar-refractivity contribution is 5.87. The summed E-state index contributed by atoms with van der Waals surface area (Å²) in [5.74, 6) is -0.763. The van der Waals surface area contributed by atoms with E-state index in [1.165, 1.54) is 26.2 Å². The van der Waals surface area contributed by atoms with E-state index in [1.54, 1.807) is 12.1 Å². The van der Waals surface area contributed by atoms with Gasteiger partial charge in [-0.2, -0.15) is 0 Å². The molecule has 8 nitrogen and oxygen atoms in total. The van der Waals surface area contributed by atoms with Crippen LogP contribution < -0.4 is 15.4 Å². The maximum absolute atomic E-state index is 13.2. The number of piperidine rings is 1. The molecule has 1 aromatic heterocycles. The number of aromatic nitrogens is 1. The number of nitrogens with one attached hydrogen (secondary N) is 3. The Morgan fingerprint density at radius 3 is 2.46 bits per heavy atom. The van der Waals surface area contributed by atoms with Crippen molar-refractivity contribution in [3.8, 4) is 5.75 Å². The fraction of sp³-hybridized carbons (Fsp3) is 0.429. The van der Waals surface area contributed by atoms with E-state index in [0.717, 1.165) is 27.7 Å². The van der Waals surface area contributed by atoms with E-state index in [9.17, 15) is 22.8 Å². The molecule has 4 atom stereocenters. The minimum absolute atomic E-state index is 0.0202. The lowest BCUT2D eigenvalue weighted by Gasteiger charge is -2.50. The van der Waals surface area contributed by atoms with E-state index in [4.69, 9.17) is 4.74 Å². The number of carbonyl (C=O) groups is 2. The Labute approximate surface area is 223 Å². The molecular formula is C28H31F3N4O4. The van der Waals surface area contributed by atoms with Crippen LogP contribution in [0.5, 0.6) is 5.75 Å². The number of hydrogen-bond acceptors (Lipinski definition) is 6. The zero-order valence-corrected chi connectivity index (χ0v) is 21.7. The molecule has 39 heavy (non-hydrogen) atoms. The average molecular weight is 545 g/mol. The van der Waals surface area contributed by atoms with Crippen LogP contribution in [0.3, 0.4) is 0 Å². The molecule has 0 aliphatic carbocycles. The molecule has 2 aliphatic rings. The van der Waals surface area contributed by atoms with Crippen molar-refractivity contribution in [3.05, 3.63) is 65.4 Å². The Morgan fingerprint density at radius 2 is 1.77 bits per heavy atom. The third kappa shape index (κ3) is 5.74. The zero-order valence-electron chi connectivity index (χ0n) is 21.7. The van der Waals surface area contributed by atoms with E-state index in [0.29, 0.717) is 32.4 Å². The van der Waals surface area contributed by atoms with Gasteiger partial charge >= 0.3 is 12.3 Å². The molecule has 3 N–H and O–H groups in total. The molecule has 2 aliphatic heterocycles. The van der Waals surface area contributed by atoms with Gasteiger partial charge < -0.3 is 25.1 Å². The highest BCUT2D eigenvalue weighted by atomic mass is 19.4. The molecule has 1 fully saturated rings. The van der Waals surface area contributed by atoms with Crippen molar-refractivity contribution < 1.29 is 32.2 Å². The van der Waals surface area contributed by atoms with E-state index in [2.05, 4.69) is 25.3 Å². The Morgan fingerprint density at radius 1 is 1.05 bits per heavy atom. The van der Waals surface area contributed by atoms with Gasteiger partial charge in [-0.1, -0.05) is 30.3 Å². The summed E-state index contributed by atoms with van der Waals surface area (Å²) < 4.78 is 47.6. The Kier molecular flexibility index (Phi) is 7.55. The molecule has 0 spiro atoms. The van der Waals surface area contributed by atoms with Crippen LogP contribution >= 0.6 is 0 Å². The van der Waals surface area contributed by atoms with Crippen molar-refractivity contribution in [3.63, 3.8) is 0 Å². The lowest BCUT2D eigenvalue weighted by molar-refractivity contribution is -0.274. The van der Waals surface area contributed by atoms with E-state index >= 15 is 0 Å². The summed E-state index contributed by atoms with van der Waals surface area (Å²) in [4.78, 5) is 30.2. The second kappa shape index (κ2) is 10.9. The Hall–Kier alpha value is -3.57. The zero-order chi connectivity index (χ0) is 27.7. The maximum atomic E-state index is 13.2. The number of rotatable bonds is 7. The SMILES string of the molecule is COC(=O)[C@@H]1Cc2c([nH]c3ccccc23)[C@H]2C[C@H](NCCNC(C)=O)C[C@@H](c3ccc(OC(F)(F)F)cc3)N21. The van der Waals surface area contributed by atoms with Crippen LogP contribution in [-0.4, -0.2) is 60.4 Å². The van der Waals surface area contributed by atoms with Crippen LogP contribution in [0.15, 0.2) is 48.5 Å². The lowest BCUT2D eigenvalue weighted by Crippen LogP contribution is -2.56. The first-order valence-corrected chi connectivity index (χ1v) is 12.9. The van der Waals surface area contributed by atoms with Gasteiger partial charge in [0, 0.05) is 55.1 Å². The maximum Gasteiger partial charge on any atom is 0.573 e. The van der Waals surface area contributed by atoms with Crippen LogP contribution in [-0.2, 0) is 20.7 Å². The van der Waals surface area contributed by atoms with Gasteiger partial charge in [0.25, 0.3) is 0 Å². The van der Waals surface area contributed by atoms with Gasteiger partial charge in [-0.25, -0.2) is 0 Å². The second-order valence-electron chi connectivity index (χ2n) is 10.0. The number of methoxy groups -OCH3 is 1. The number of carbonyl (C=O) groups excluding carboxylic acids is 2. The van der Waals surface area contributed by atoms with E-state index in [-0.39, 0.29) is 35.8 Å². The van der Waals surface area contributed by atoms with Gasteiger partial charge in [0.15, 0.2) is 0 Å². The van der Waals surface area contributed by atoms with Crippen LogP contribution in [0.2, 0.25) is 0 Å². The lowest BCUT2D eigenvalue weighted by atomic mass is 9.79. The summed E-state index contributed by atoms with van der Waals surface area (Å²) in [5, 5.41) is 7.38. The number of esters is 1. The Bertz CT molecular complexity index is 1340. The van der Waals surface area contributed by atoms with Crippen LogP contribution in [0.1, 0.15) is 48.7 Å². The van der Waals surface area contributed by atoms with Gasteiger partial charge in [-0.3, -0.25) is 14.5 Å². The molecule has 0 bridgehead atoms. The molecule has 0 saturated carbocycles. The van der Waals surface area contributed by atoms with Gasteiger partial charge in [0.05, 0.1) is 13.2 Å². The van der Waals surface area contributed by atoms with Crippen LogP contribution in [0.4, 0.5) is 13.2 Å². The summed E-state index contributed by atoms with van der Waals surface area (Å²) in [6.45, 7) is 2.49. The molecule has 1 saturated heterocycles. The van der Waals surface area contributed by atoms with Crippen molar-refractivity contribution in [2.24, 2.45) is 0 Å². The highest BCUT2D eigenvalue weighted by Crippen LogP contribution is 2.49. The summed E-state index contributed by atoms with van der Waals surface area (Å²) in [6, 6.07) is 12.8. The summed E-state index contributed by atoms with van der Waals surface area (Å²) >= 11 is 0. The van der Waals surface area contributed by atoms with Crippen molar-refractivity contribution in [2.75, 3.05) is 20.2 Å². The fourth-order valence-electron chi connectivity index (χ4n) is 6.04. The quantitative estimate of drug-likeness (QED) is 0.306. The van der Waals surface area contributed by atoms with Gasteiger partial charge in [0.1, 0.15) is 11.8 Å². The number of halogens is 3. The van der Waals surface area contributed by atoms with Gasteiger partial charge in [-0.05, 0) is 42.2 Å². The largest absolute Gasteiger partial charge is 0.573 e. The van der Waals surface area contributed by atoms with Crippen molar-refractivity contribution in [1.82, 2.24) is 20.5 Å². The minimum atomic E-state index is -4.78. The first-order chi connectivity index (χ1) is 18.6. The molecule has 0 unspecified atom stereocenters. The van der Waals surface area contributed by atoms with Crippen LogP contribution in [0, 0.1) is 0 Å². The fourth-order valence-corrected chi connectivity index (χ4v) is 6.04. The number of amides is 1. The Balaban J connectivity index is 1.53. The molecular weight excluding hydrogens is 513 g/mol. The predicted octanol–water partition coefficient (Wildman–Crippen LogP) is 4.14. The molecule has 2 aromatic carbocycles. The van der Waals surface area contributed by atoms with E-state index < -0.39 is 12.4 Å². The average Bonchev–Trinajstić information content (AvgIpc) is 3.28. The topological polar surface area (TPSA) is 95.7 Å².